The van der Waals surface area contributed by atoms with Gasteiger partial charge in [0.25, 0.3) is 0 Å². The molecule has 140 valence electrons. The van der Waals surface area contributed by atoms with Crippen molar-refractivity contribution in [1.29, 1.82) is 0 Å². The molecule has 24 heavy (non-hydrogen) atoms. The molecule has 0 aliphatic carbocycles. The fourth-order valence-corrected chi connectivity index (χ4v) is 3.16. The molecule has 0 bridgehead atoms. The SMILES string of the molecule is COC(OC)N(C)CC1CN(C(=O)OC(C)(C)C)CCC1C(C)=O. The maximum absolute atomic E-state index is 12.3. The molecular weight excluding hydrogens is 312 g/mol. The molecule has 0 aromatic carbocycles. The molecular formula is C17H32N2O5. The Morgan fingerprint density at radius 1 is 1.25 bits per heavy atom. The standard InChI is InChI=1S/C17H32N2O5/c1-12(20)14-8-9-19(15(21)24-17(2,3)4)11-13(14)10-18(5)16(22-6)23-7/h13-14,16H,8-11H2,1-7H3. The summed E-state index contributed by atoms with van der Waals surface area (Å²) in [6, 6.07) is 0. The number of rotatable bonds is 6. The molecule has 0 spiro atoms. The maximum atomic E-state index is 12.3. The van der Waals surface area contributed by atoms with Crippen LogP contribution in [0, 0.1) is 11.8 Å². The number of Topliss-reactive ketones (excluding diaryl/α,β-unsaturated/α-hetero) is 1. The predicted octanol–water partition coefficient (Wildman–Crippen LogP) is 1.96. The zero-order chi connectivity index (χ0) is 18.5. The van der Waals surface area contributed by atoms with Crippen LogP contribution in [0.4, 0.5) is 4.79 Å². The number of methoxy groups -OCH3 is 2. The van der Waals surface area contributed by atoms with E-state index in [1.54, 1.807) is 26.0 Å². The molecule has 0 aromatic rings. The summed E-state index contributed by atoms with van der Waals surface area (Å²) >= 11 is 0. The van der Waals surface area contributed by atoms with Crippen molar-refractivity contribution in [2.24, 2.45) is 11.8 Å². The van der Waals surface area contributed by atoms with E-state index in [9.17, 15) is 9.59 Å². The molecule has 1 rings (SSSR count). The second-order valence-electron chi connectivity index (χ2n) is 7.41. The summed E-state index contributed by atoms with van der Waals surface area (Å²) in [4.78, 5) is 27.9. The Labute approximate surface area is 145 Å². The van der Waals surface area contributed by atoms with Crippen LogP contribution in [-0.2, 0) is 19.0 Å². The van der Waals surface area contributed by atoms with Gasteiger partial charge in [-0.2, -0.15) is 0 Å². The van der Waals surface area contributed by atoms with E-state index in [0.717, 1.165) is 0 Å². The summed E-state index contributed by atoms with van der Waals surface area (Å²) in [7, 11) is 5.02. The van der Waals surface area contributed by atoms with Crippen molar-refractivity contribution >= 4 is 11.9 Å². The van der Waals surface area contributed by atoms with Crippen molar-refractivity contribution < 1.29 is 23.8 Å². The third kappa shape index (κ3) is 6.03. The number of amides is 1. The number of likely N-dealkylation sites (tertiary alicyclic amines) is 1. The molecule has 1 amide bonds. The average Bonchev–Trinajstić information content (AvgIpc) is 2.46. The normalized spacial score (nSPS) is 22.1. The zero-order valence-corrected chi connectivity index (χ0v) is 16.0. The van der Waals surface area contributed by atoms with E-state index in [2.05, 4.69) is 0 Å². The molecule has 0 N–H and O–H groups in total. The van der Waals surface area contributed by atoms with E-state index in [4.69, 9.17) is 14.2 Å². The lowest BCUT2D eigenvalue weighted by molar-refractivity contribution is -0.193. The summed E-state index contributed by atoms with van der Waals surface area (Å²) in [5.74, 6) is 0.102. The van der Waals surface area contributed by atoms with Gasteiger partial charge in [0.05, 0.1) is 0 Å². The average molecular weight is 344 g/mol. The molecule has 7 nitrogen and oxygen atoms in total. The summed E-state index contributed by atoms with van der Waals surface area (Å²) < 4.78 is 16.0. The van der Waals surface area contributed by atoms with Crippen molar-refractivity contribution in [3.8, 4) is 0 Å². The molecule has 1 fully saturated rings. The topological polar surface area (TPSA) is 68.3 Å². The Morgan fingerprint density at radius 2 is 1.83 bits per heavy atom. The van der Waals surface area contributed by atoms with Crippen LogP contribution in [0.15, 0.2) is 0 Å². The Morgan fingerprint density at radius 3 is 2.29 bits per heavy atom. The molecule has 2 unspecified atom stereocenters. The predicted molar refractivity (Wildman–Crippen MR) is 90.5 cm³/mol. The highest BCUT2D eigenvalue weighted by molar-refractivity contribution is 5.79. The first-order chi connectivity index (χ1) is 11.1. The fraction of sp³-hybridized carbons (Fsp3) is 0.882. The van der Waals surface area contributed by atoms with Crippen LogP contribution in [0.1, 0.15) is 34.1 Å². The number of hydrogen-bond acceptors (Lipinski definition) is 6. The summed E-state index contributed by atoms with van der Waals surface area (Å²) in [6.45, 7) is 8.78. The van der Waals surface area contributed by atoms with Gasteiger partial charge < -0.3 is 19.1 Å². The highest BCUT2D eigenvalue weighted by Gasteiger charge is 2.36. The smallest absolute Gasteiger partial charge is 0.410 e. The molecule has 1 aliphatic rings. The van der Waals surface area contributed by atoms with Crippen molar-refractivity contribution in [1.82, 2.24) is 9.80 Å². The van der Waals surface area contributed by atoms with Crippen LogP contribution in [0.2, 0.25) is 0 Å². The van der Waals surface area contributed by atoms with E-state index >= 15 is 0 Å². The minimum Gasteiger partial charge on any atom is -0.444 e. The molecule has 0 aromatic heterocycles. The molecule has 1 saturated heterocycles. The number of nitrogens with zero attached hydrogens (tertiary/aromatic N) is 2. The lowest BCUT2D eigenvalue weighted by atomic mass is 9.82. The highest BCUT2D eigenvalue weighted by Crippen LogP contribution is 2.27. The molecule has 1 heterocycles. The van der Waals surface area contributed by atoms with Gasteiger partial charge in [0.15, 0.2) is 0 Å². The monoisotopic (exact) mass is 344 g/mol. The summed E-state index contributed by atoms with van der Waals surface area (Å²) in [6.07, 6.45) is -0.153. The number of ether oxygens (including phenoxy) is 3. The first kappa shape index (κ1) is 20.9. The molecule has 2 atom stereocenters. The van der Waals surface area contributed by atoms with E-state index in [1.165, 1.54) is 0 Å². The number of ketones is 1. The third-order valence-electron chi connectivity index (χ3n) is 4.19. The van der Waals surface area contributed by atoms with Crippen molar-refractivity contribution in [2.45, 2.75) is 46.1 Å². The first-order valence-corrected chi connectivity index (χ1v) is 8.33. The second kappa shape index (κ2) is 8.78. The van der Waals surface area contributed by atoms with Gasteiger partial charge in [-0.3, -0.25) is 9.69 Å². The van der Waals surface area contributed by atoms with Gasteiger partial charge >= 0.3 is 6.09 Å². The van der Waals surface area contributed by atoms with Crippen molar-refractivity contribution in [3.05, 3.63) is 0 Å². The van der Waals surface area contributed by atoms with Gasteiger partial charge in [0.2, 0.25) is 6.41 Å². The van der Waals surface area contributed by atoms with Gasteiger partial charge in [0.1, 0.15) is 11.4 Å². The first-order valence-electron chi connectivity index (χ1n) is 8.33. The fourth-order valence-electron chi connectivity index (χ4n) is 3.16. The summed E-state index contributed by atoms with van der Waals surface area (Å²) in [5.41, 5.74) is -0.530. The van der Waals surface area contributed by atoms with Crippen molar-refractivity contribution in [3.63, 3.8) is 0 Å². The Balaban J connectivity index is 2.79. The Bertz CT molecular complexity index is 431. The van der Waals surface area contributed by atoms with Crippen LogP contribution in [0.25, 0.3) is 0 Å². The molecule has 0 saturated carbocycles. The van der Waals surface area contributed by atoms with Crippen LogP contribution in [0.5, 0.6) is 0 Å². The highest BCUT2D eigenvalue weighted by atomic mass is 16.7. The van der Waals surface area contributed by atoms with E-state index < -0.39 is 12.0 Å². The zero-order valence-electron chi connectivity index (χ0n) is 16.0. The van der Waals surface area contributed by atoms with Gasteiger partial charge in [-0.1, -0.05) is 0 Å². The lowest BCUT2D eigenvalue weighted by Crippen LogP contribution is -2.51. The van der Waals surface area contributed by atoms with Gasteiger partial charge in [-0.05, 0) is 47.1 Å². The van der Waals surface area contributed by atoms with Crippen LogP contribution < -0.4 is 0 Å². The minimum absolute atomic E-state index is 0.0153. The van der Waals surface area contributed by atoms with E-state index in [-0.39, 0.29) is 23.7 Å². The van der Waals surface area contributed by atoms with Crippen LogP contribution in [0.3, 0.4) is 0 Å². The lowest BCUT2D eigenvalue weighted by Gasteiger charge is -2.40. The van der Waals surface area contributed by atoms with Gasteiger partial charge in [0, 0.05) is 39.8 Å². The number of piperidine rings is 1. The minimum atomic E-state index is -0.530. The number of carbonyl (C=O) groups excluding carboxylic acids is 2. The van der Waals surface area contributed by atoms with Gasteiger partial charge in [-0.15, -0.1) is 0 Å². The van der Waals surface area contributed by atoms with E-state index in [0.29, 0.717) is 26.1 Å². The Hall–Kier alpha value is -1.18. The van der Waals surface area contributed by atoms with E-state index in [1.807, 2.05) is 32.7 Å². The Kier molecular flexibility index (Phi) is 7.63. The third-order valence-corrected chi connectivity index (χ3v) is 4.19. The molecule has 1 aliphatic heterocycles. The van der Waals surface area contributed by atoms with Crippen LogP contribution >= 0.6 is 0 Å². The molecule has 0 radical (unpaired) electrons. The van der Waals surface area contributed by atoms with Crippen molar-refractivity contribution in [2.75, 3.05) is 40.9 Å². The second-order valence-corrected chi connectivity index (χ2v) is 7.41. The largest absolute Gasteiger partial charge is 0.444 e. The number of carbonyl (C=O) groups is 2. The quantitative estimate of drug-likeness (QED) is 0.686. The van der Waals surface area contributed by atoms with Gasteiger partial charge in [-0.25, -0.2) is 4.79 Å². The molecule has 7 heteroatoms. The maximum Gasteiger partial charge on any atom is 0.410 e. The number of hydrogen-bond donors (Lipinski definition) is 0. The summed E-state index contributed by atoms with van der Waals surface area (Å²) in [5, 5.41) is 0. The van der Waals surface area contributed by atoms with Crippen LogP contribution in [-0.4, -0.2) is 74.6 Å².